The van der Waals surface area contributed by atoms with Crippen molar-refractivity contribution in [2.24, 2.45) is 34.7 Å². The molecular formula is C23H30N2O5. The number of likely N-dealkylation sites (tertiary alicyclic amines) is 1. The Morgan fingerprint density at radius 1 is 1.10 bits per heavy atom. The lowest BCUT2D eigenvalue weighted by molar-refractivity contribution is -0.142. The Morgan fingerprint density at radius 2 is 1.80 bits per heavy atom. The minimum absolute atomic E-state index is 0.162. The van der Waals surface area contributed by atoms with Gasteiger partial charge in [0.05, 0.1) is 36.3 Å². The number of rotatable bonds is 5. The lowest BCUT2D eigenvalue weighted by Crippen LogP contribution is -2.54. The third-order valence-electron chi connectivity index (χ3n) is 6.64. The van der Waals surface area contributed by atoms with E-state index < -0.39 is 30.0 Å². The van der Waals surface area contributed by atoms with Gasteiger partial charge in [-0.2, -0.15) is 0 Å². The Hall–Kier alpha value is -2.25. The Bertz CT molecular complexity index is 824. The van der Waals surface area contributed by atoms with Crippen molar-refractivity contribution in [1.29, 1.82) is 0 Å². The summed E-state index contributed by atoms with van der Waals surface area (Å²) in [6.07, 6.45) is -0.614. The lowest BCUT2D eigenvalue weighted by atomic mass is 9.60. The fourth-order valence-electron chi connectivity index (χ4n) is 5.23. The van der Waals surface area contributed by atoms with Gasteiger partial charge in [-0.1, -0.05) is 49.3 Å². The van der Waals surface area contributed by atoms with Crippen LogP contribution in [-0.4, -0.2) is 51.5 Å². The topological polar surface area (TPSA) is 99.4 Å². The summed E-state index contributed by atoms with van der Waals surface area (Å²) >= 11 is 0. The summed E-state index contributed by atoms with van der Waals surface area (Å²) in [5, 5.41) is 25.5. The van der Waals surface area contributed by atoms with E-state index in [9.17, 15) is 19.8 Å². The van der Waals surface area contributed by atoms with E-state index in [1.807, 2.05) is 44.2 Å². The van der Waals surface area contributed by atoms with Gasteiger partial charge in [-0.05, 0) is 24.3 Å². The number of hydrogen-bond acceptors (Lipinski definition) is 6. The van der Waals surface area contributed by atoms with Crippen LogP contribution in [0.3, 0.4) is 0 Å². The molecule has 2 aliphatic carbocycles. The van der Waals surface area contributed by atoms with Crippen LogP contribution >= 0.6 is 0 Å². The highest BCUT2D eigenvalue weighted by Crippen LogP contribution is 2.49. The van der Waals surface area contributed by atoms with Crippen LogP contribution in [0.5, 0.6) is 0 Å². The number of nitrogens with zero attached hydrogens (tertiary/aromatic N) is 2. The van der Waals surface area contributed by atoms with Crippen molar-refractivity contribution in [3.05, 3.63) is 35.9 Å². The second-order valence-electron chi connectivity index (χ2n) is 9.18. The number of aliphatic hydroxyl groups excluding tert-OH is 2. The van der Waals surface area contributed by atoms with E-state index in [0.29, 0.717) is 31.1 Å². The maximum Gasteiger partial charge on any atom is 0.233 e. The summed E-state index contributed by atoms with van der Waals surface area (Å²) in [6, 6.07) is 9.43. The van der Waals surface area contributed by atoms with Gasteiger partial charge in [0.25, 0.3) is 0 Å². The van der Waals surface area contributed by atoms with Gasteiger partial charge in [0.1, 0.15) is 6.61 Å². The molecule has 2 amide bonds. The number of amides is 2. The number of carbonyl (C=O) groups is 2. The first-order valence-corrected chi connectivity index (χ1v) is 10.8. The molecule has 7 nitrogen and oxygen atoms in total. The Labute approximate surface area is 176 Å². The molecule has 6 atom stereocenters. The molecule has 0 unspecified atom stereocenters. The van der Waals surface area contributed by atoms with Crippen molar-refractivity contribution in [3.63, 3.8) is 0 Å². The number of carbonyl (C=O) groups excluding carboxylic acids is 2. The molecular weight excluding hydrogens is 384 g/mol. The van der Waals surface area contributed by atoms with Crippen LogP contribution in [0.1, 0.15) is 38.7 Å². The zero-order valence-corrected chi connectivity index (χ0v) is 17.5. The van der Waals surface area contributed by atoms with Crippen molar-refractivity contribution in [1.82, 2.24) is 4.90 Å². The first-order valence-electron chi connectivity index (χ1n) is 10.8. The minimum atomic E-state index is -1.06. The number of benzene rings is 1. The normalized spacial score (nSPS) is 35.0. The molecule has 162 valence electrons. The van der Waals surface area contributed by atoms with E-state index in [1.165, 1.54) is 4.90 Å². The van der Waals surface area contributed by atoms with E-state index in [-0.39, 0.29) is 30.7 Å². The van der Waals surface area contributed by atoms with Crippen molar-refractivity contribution in [3.8, 4) is 0 Å². The average molecular weight is 415 g/mol. The fourth-order valence-corrected chi connectivity index (χ4v) is 5.23. The fraction of sp³-hybridized carbons (Fsp3) is 0.609. The standard InChI is InChI=1S/C23H30N2O5/c1-13(2)12-30-24-17-10-18(26)21(27)19-15(17)8-9-16-20(19)23(29)25(22(16)28)11-14-6-4-3-5-7-14/h3-7,13,15-16,18-21,26-27H,8-12H2,1-2H3/t15-,16+,18+,19-,20+,21+/m0/s1. The highest BCUT2D eigenvalue weighted by molar-refractivity contribution is 6.06. The molecule has 2 saturated carbocycles. The zero-order valence-electron chi connectivity index (χ0n) is 17.5. The smallest absolute Gasteiger partial charge is 0.233 e. The molecule has 30 heavy (non-hydrogen) atoms. The van der Waals surface area contributed by atoms with Gasteiger partial charge >= 0.3 is 0 Å². The molecule has 1 heterocycles. The summed E-state index contributed by atoms with van der Waals surface area (Å²) in [6.45, 7) is 4.75. The van der Waals surface area contributed by atoms with Gasteiger partial charge < -0.3 is 15.1 Å². The number of aliphatic hydroxyl groups is 2. The summed E-state index contributed by atoms with van der Waals surface area (Å²) in [7, 11) is 0. The highest BCUT2D eigenvalue weighted by Gasteiger charge is 2.59. The molecule has 1 saturated heterocycles. The third-order valence-corrected chi connectivity index (χ3v) is 6.64. The Kier molecular flexibility index (Phi) is 5.93. The van der Waals surface area contributed by atoms with Gasteiger partial charge in [0.2, 0.25) is 11.8 Å². The van der Waals surface area contributed by atoms with Crippen LogP contribution in [0.25, 0.3) is 0 Å². The second-order valence-corrected chi connectivity index (χ2v) is 9.18. The van der Waals surface area contributed by atoms with Crippen LogP contribution < -0.4 is 0 Å². The molecule has 4 rings (SSSR count). The van der Waals surface area contributed by atoms with Gasteiger partial charge in [-0.15, -0.1) is 0 Å². The predicted molar refractivity (Wildman–Crippen MR) is 110 cm³/mol. The quantitative estimate of drug-likeness (QED) is 0.567. The van der Waals surface area contributed by atoms with Gasteiger partial charge in [-0.25, -0.2) is 0 Å². The average Bonchev–Trinajstić information content (AvgIpc) is 2.96. The predicted octanol–water partition coefficient (Wildman–Crippen LogP) is 1.97. The first kappa shape index (κ1) is 21.0. The lowest BCUT2D eigenvalue weighted by Gasteiger charge is -2.45. The SMILES string of the molecule is CC(C)CON=C1C[C@@H](O)[C@@H](O)[C@@H]2[C@@H]3C(=O)N(Cc4ccccc4)C(=O)[C@@H]3CC[C@@H]12. The summed E-state index contributed by atoms with van der Waals surface area (Å²) in [5.74, 6) is -1.86. The first-order chi connectivity index (χ1) is 14.4. The van der Waals surface area contributed by atoms with Crippen molar-refractivity contribution in [2.75, 3.05) is 6.61 Å². The van der Waals surface area contributed by atoms with Crippen LogP contribution in [0.15, 0.2) is 35.5 Å². The highest BCUT2D eigenvalue weighted by atomic mass is 16.6. The van der Waals surface area contributed by atoms with Crippen LogP contribution in [-0.2, 0) is 21.0 Å². The van der Waals surface area contributed by atoms with Crippen molar-refractivity contribution in [2.45, 2.75) is 51.9 Å². The number of oxime groups is 1. The molecule has 7 heteroatoms. The molecule has 0 spiro atoms. The molecule has 3 aliphatic rings. The van der Waals surface area contributed by atoms with Crippen LogP contribution in [0, 0.1) is 29.6 Å². The number of fused-ring (bicyclic) bond motifs is 3. The molecule has 1 aromatic carbocycles. The van der Waals surface area contributed by atoms with E-state index in [0.717, 1.165) is 5.56 Å². The summed E-state index contributed by atoms with van der Waals surface area (Å²) in [5.41, 5.74) is 1.58. The molecule has 3 fully saturated rings. The van der Waals surface area contributed by atoms with Gasteiger partial charge in [0.15, 0.2) is 0 Å². The van der Waals surface area contributed by atoms with E-state index in [1.54, 1.807) is 0 Å². The molecule has 0 aromatic heterocycles. The molecule has 1 aromatic rings. The number of imide groups is 1. The van der Waals surface area contributed by atoms with E-state index in [2.05, 4.69) is 5.16 Å². The summed E-state index contributed by atoms with van der Waals surface area (Å²) in [4.78, 5) is 33.2. The van der Waals surface area contributed by atoms with Crippen LogP contribution in [0.2, 0.25) is 0 Å². The van der Waals surface area contributed by atoms with E-state index >= 15 is 0 Å². The van der Waals surface area contributed by atoms with E-state index in [4.69, 9.17) is 4.84 Å². The van der Waals surface area contributed by atoms with Crippen molar-refractivity contribution < 1.29 is 24.6 Å². The van der Waals surface area contributed by atoms with Crippen LogP contribution in [0.4, 0.5) is 0 Å². The Balaban J connectivity index is 1.59. The maximum atomic E-state index is 13.3. The summed E-state index contributed by atoms with van der Waals surface area (Å²) < 4.78 is 0. The van der Waals surface area contributed by atoms with Gasteiger partial charge in [-0.3, -0.25) is 14.5 Å². The molecule has 0 bridgehead atoms. The zero-order chi connectivity index (χ0) is 21.4. The third kappa shape index (κ3) is 3.76. The van der Waals surface area contributed by atoms with Gasteiger partial charge in [0, 0.05) is 18.3 Å². The van der Waals surface area contributed by atoms with Crippen molar-refractivity contribution >= 4 is 17.5 Å². The largest absolute Gasteiger partial charge is 0.396 e. The minimum Gasteiger partial charge on any atom is -0.396 e. The molecule has 0 radical (unpaired) electrons. The molecule has 1 aliphatic heterocycles. The Morgan fingerprint density at radius 3 is 2.50 bits per heavy atom. The number of hydrogen-bond donors (Lipinski definition) is 2. The molecule has 2 N–H and O–H groups in total. The second kappa shape index (κ2) is 8.47. The monoisotopic (exact) mass is 414 g/mol. The maximum absolute atomic E-state index is 13.3.